The number of halogens is 1. The van der Waals surface area contributed by atoms with E-state index < -0.39 is 12.1 Å². The maximum absolute atomic E-state index is 13.1. The summed E-state index contributed by atoms with van der Waals surface area (Å²) < 4.78 is 7.02. The lowest BCUT2D eigenvalue weighted by Crippen LogP contribution is -2.61. The van der Waals surface area contributed by atoms with Crippen LogP contribution in [0.15, 0.2) is 29.3 Å². The predicted octanol–water partition coefficient (Wildman–Crippen LogP) is 1.33. The van der Waals surface area contributed by atoms with Gasteiger partial charge in [-0.1, -0.05) is 29.8 Å². The topological polar surface area (TPSA) is 88.8 Å². The molecule has 1 aromatic rings. The van der Waals surface area contributed by atoms with E-state index in [9.17, 15) is 14.4 Å². The Morgan fingerprint density at radius 2 is 1.85 bits per heavy atom. The zero-order chi connectivity index (χ0) is 23.7. The first kappa shape index (κ1) is 23.2. The van der Waals surface area contributed by atoms with Gasteiger partial charge in [0.2, 0.25) is 0 Å². The molecule has 0 radical (unpaired) electrons. The van der Waals surface area contributed by atoms with Gasteiger partial charge in [0, 0.05) is 50.9 Å². The van der Waals surface area contributed by atoms with Gasteiger partial charge in [0.05, 0.1) is 6.61 Å². The predicted molar refractivity (Wildman–Crippen MR) is 123 cm³/mol. The summed E-state index contributed by atoms with van der Waals surface area (Å²) in [6.07, 6.45) is -0.300. The molecule has 0 bridgehead atoms. The lowest BCUT2D eigenvalue weighted by Gasteiger charge is -2.33. The Morgan fingerprint density at radius 3 is 2.52 bits per heavy atom. The minimum absolute atomic E-state index is 0.300. The lowest BCUT2D eigenvalue weighted by atomic mass is 10.1. The van der Waals surface area contributed by atoms with Crippen molar-refractivity contribution in [3.63, 3.8) is 0 Å². The van der Waals surface area contributed by atoms with Crippen molar-refractivity contribution in [2.24, 2.45) is 4.99 Å². The number of likely N-dealkylation sites (N-methyl/N-ethyl adjacent to an activating group) is 2. The maximum Gasteiger partial charge on any atom is 0.409 e. The van der Waals surface area contributed by atoms with Gasteiger partial charge in [0.25, 0.3) is 17.8 Å². The molecule has 0 aromatic heterocycles. The van der Waals surface area contributed by atoms with Crippen LogP contribution in [-0.4, -0.2) is 113 Å². The number of benzene rings is 1. The molecule has 4 rings (SSSR count). The van der Waals surface area contributed by atoms with Crippen molar-refractivity contribution in [3.8, 4) is 0 Å². The standard InChI is InChI=1S/C22H28ClN6O4/c1-4-33-22(32)28-11-9-27(10-12-28)14-17-24-19-18(20(30)26(3)21(31)25(19)2)29(17)13-15-7-5-6-8-16(15)23/h5-8,18H,4,9-14H2,1-3H3/q+1. The van der Waals surface area contributed by atoms with Gasteiger partial charge in [0.15, 0.2) is 0 Å². The van der Waals surface area contributed by atoms with Crippen LogP contribution in [0.2, 0.25) is 5.02 Å². The number of amidine groups is 2. The zero-order valence-corrected chi connectivity index (χ0v) is 19.8. The van der Waals surface area contributed by atoms with E-state index in [1.807, 2.05) is 28.8 Å². The Kier molecular flexibility index (Phi) is 6.66. The van der Waals surface area contributed by atoms with Gasteiger partial charge in [-0.15, -0.1) is 0 Å². The summed E-state index contributed by atoms with van der Waals surface area (Å²) in [6.45, 7) is 5.42. The van der Waals surface area contributed by atoms with Gasteiger partial charge >= 0.3 is 18.0 Å². The van der Waals surface area contributed by atoms with Crippen molar-refractivity contribution < 1.29 is 23.7 Å². The van der Waals surface area contributed by atoms with E-state index in [0.717, 1.165) is 10.5 Å². The van der Waals surface area contributed by atoms with Crippen molar-refractivity contribution in [3.05, 3.63) is 34.9 Å². The Balaban J connectivity index is 1.60. The summed E-state index contributed by atoms with van der Waals surface area (Å²) in [4.78, 5) is 48.8. The van der Waals surface area contributed by atoms with E-state index in [0.29, 0.717) is 62.6 Å². The highest BCUT2D eigenvalue weighted by molar-refractivity contribution is 6.31. The largest absolute Gasteiger partial charge is 0.450 e. The molecular weight excluding hydrogens is 448 g/mol. The van der Waals surface area contributed by atoms with Crippen LogP contribution in [0.3, 0.4) is 0 Å². The molecule has 2 saturated heterocycles. The van der Waals surface area contributed by atoms with E-state index in [-0.39, 0.29) is 12.0 Å². The molecule has 3 heterocycles. The smallest absolute Gasteiger partial charge is 0.409 e. The van der Waals surface area contributed by atoms with Crippen molar-refractivity contribution >= 4 is 41.3 Å². The number of aliphatic imine (C=N–C) groups is 1. The minimum atomic E-state index is -0.690. The average molecular weight is 476 g/mol. The molecule has 10 nitrogen and oxygen atoms in total. The Labute approximate surface area is 197 Å². The summed E-state index contributed by atoms with van der Waals surface area (Å²) in [5.74, 6) is 0.809. The number of rotatable bonds is 5. The van der Waals surface area contributed by atoms with Gasteiger partial charge in [-0.05, 0) is 18.0 Å². The fourth-order valence-corrected chi connectivity index (χ4v) is 4.47. The molecule has 1 unspecified atom stereocenters. The average Bonchev–Trinajstić information content (AvgIpc) is 3.16. The normalized spacial score (nSPS) is 21.5. The second-order valence-corrected chi connectivity index (χ2v) is 8.62. The molecule has 0 N–H and O–H groups in total. The summed E-state index contributed by atoms with van der Waals surface area (Å²) in [6, 6.07) is 6.40. The number of hydrogen-bond acceptors (Lipinski definition) is 6. The van der Waals surface area contributed by atoms with E-state index in [1.54, 1.807) is 18.9 Å². The van der Waals surface area contributed by atoms with Gasteiger partial charge in [-0.3, -0.25) is 19.5 Å². The van der Waals surface area contributed by atoms with Crippen LogP contribution in [0.5, 0.6) is 0 Å². The van der Waals surface area contributed by atoms with E-state index >= 15 is 0 Å². The van der Waals surface area contributed by atoms with Crippen molar-refractivity contribution in [1.29, 1.82) is 0 Å². The number of fused-ring (bicyclic) bond motifs is 1. The maximum atomic E-state index is 13.1. The molecule has 2 fully saturated rings. The van der Waals surface area contributed by atoms with Crippen LogP contribution < -0.4 is 0 Å². The molecular formula is C22H28ClN6O4+. The number of imide groups is 1. The first-order valence-corrected chi connectivity index (χ1v) is 11.3. The van der Waals surface area contributed by atoms with Crippen LogP contribution in [0.25, 0.3) is 0 Å². The fraction of sp³-hybridized carbons (Fsp3) is 0.500. The van der Waals surface area contributed by atoms with E-state index in [2.05, 4.69) is 4.90 Å². The van der Waals surface area contributed by atoms with Gasteiger partial charge < -0.3 is 9.64 Å². The molecule has 0 saturated carbocycles. The van der Waals surface area contributed by atoms with Crippen LogP contribution in [0, 0.1) is 0 Å². The monoisotopic (exact) mass is 475 g/mol. The highest BCUT2D eigenvalue weighted by Gasteiger charge is 2.53. The number of hydrogen-bond donors (Lipinski definition) is 0. The number of amides is 4. The number of urea groups is 1. The molecule has 0 spiro atoms. The minimum Gasteiger partial charge on any atom is -0.450 e. The summed E-state index contributed by atoms with van der Waals surface area (Å²) in [7, 11) is 3.12. The Hall–Kier alpha value is -2.98. The van der Waals surface area contributed by atoms with Crippen LogP contribution in [0.1, 0.15) is 12.5 Å². The molecule has 1 aromatic carbocycles. The Bertz CT molecular complexity index is 1030. The first-order chi connectivity index (χ1) is 15.8. The molecule has 33 heavy (non-hydrogen) atoms. The molecule has 176 valence electrons. The Morgan fingerprint density at radius 1 is 1.15 bits per heavy atom. The molecule has 1 atom stereocenters. The van der Waals surface area contributed by atoms with Gasteiger partial charge in [0.1, 0.15) is 13.1 Å². The number of nitrogens with zero attached hydrogens (tertiary/aromatic N) is 6. The first-order valence-electron chi connectivity index (χ1n) is 11.0. The third-order valence-corrected chi connectivity index (χ3v) is 6.54. The third-order valence-electron chi connectivity index (χ3n) is 6.18. The second-order valence-electron chi connectivity index (χ2n) is 8.21. The zero-order valence-electron chi connectivity index (χ0n) is 19.0. The number of carbonyl (C=O) groups is 3. The number of ether oxygens (including phenoxy) is 1. The highest BCUT2D eigenvalue weighted by atomic mass is 35.5. The van der Waals surface area contributed by atoms with Gasteiger partial charge in [-0.25, -0.2) is 14.2 Å². The van der Waals surface area contributed by atoms with Crippen molar-refractivity contribution in [2.45, 2.75) is 19.5 Å². The van der Waals surface area contributed by atoms with Gasteiger partial charge in [-0.2, -0.15) is 0 Å². The van der Waals surface area contributed by atoms with E-state index in [4.69, 9.17) is 21.3 Å². The molecule has 4 amide bonds. The quantitative estimate of drug-likeness (QED) is 0.599. The summed E-state index contributed by atoms with van der Waals surface area (Å²) in [5, 5.41) is 0.606. The summed E-state index contributed by atoms with van der Waals surface area (Å²) in [5.41, 5.74) is 0.871. The SMILES string of the molecule is CCOC(=O)N1CCN(CC2=[N+](Cc3ccccc3Cl)C3C(=O)N(C)C(=O)N(C)C3=N2)CC1. The second kappa shape index (κ2) is 9.48. The van der Waals surface area contributed by atoms with Crippen LogP contribution >= 0.6 is 11.6 Å². The number of piperazine rings is 1. The molecule has 0 aliphatic carbocycles. The third kappa shape index (κ3) is 4.45. The lowest BCUT2D eigenvalue weighted by molar-refractivity contribution is -0.552. The summed E-state index contributed by atoms with van der Waals surface area (Å²) >= 11 is 6.41. The van der Waals surface area contributed by atoms with E-state index in [1.165, 1.54) is 11.9 Å². The van der Waals surface area contributed by atoms with Crippen LogP contribution in [-0.2, 0) is 16.1 Å². The molecule has 3 aliphatic rings. The highest BCUT2D eigenvalue weighted by Crippen LogP contribution is 2.23. The van der Waals surface area contributed by atoms with Crippen molar-refractivity contribution in [2.75, 3.05) is 53.4 Å². The van der Waals surface area contributed by atoms with Crippen molar-refractivity contribution in [1.82, 2.24) is 19.6 Å². The fourth-order valence-electron chi connectivity index (χ4n) is 4.27. The van der Waals surface area contributed by atoms with Crippen LogP contribution in [0.4, 0.5) is 9.59 Å². The molecule has 11 heteroatoms. The number of carbonyl (C=O) groups excluding carboxylic acids is 3. The molecule has 3 aliphatic heterocycles.